The maximum Gasteiger partial charge on any atom is 0.224 e. The number of hydrogen-bond acceptors (Lipinski definition) is 3. The lowest BCUT2D eigenvalue weighted by Gasteiger charge is -2.06. The number of nitrogens with one attached hydrogen (secondary N) is 1. The van der Waals surface area contributed by atoms with Crippen molar-refractivity contribution in [1.82, 2.24) is 5.32 Å². The van der Waals surface area contributed by atoms with Crippen molar-refractivity contribution < 1.29 is 4.79 Å². The zero-order chi connectivity index (χ0) is 16.5. The van der Waals surface area contributed by atoms with Crippen LogP contribution in [0.15, 0.2) is 48.5 Å². The summed E-state index contributed by atoms with van der Waals surface area (Å²) in [6.45, 7) is 0.617. The van der Waals surface area contributed by atoms with E-state index in [1.54, 1.807) is 23.9 Å². The van der Waals surface area contributed by atoms with E-state index in [0.29, 0.717) is 23.6 Å². The van der Waals surface area contributed by atoms with Crippen LogP contribution in [-0.2, 0) is 17.0 Å². The van der Waals surface area contributed by atoms with Gasteiger partial charge in [0.1, 0.15) is 0 Å². The van der Waals surface area contributed by atoms with E-state index in [1.165, 1.54) is 0 Å². The topological polar surface area (TPSA) is 52.9 Å². The van der Waals surface area contributed by atoms with E-state index in [0.717, 1.165) is 22.6 Å². The molecule has 3 nitrogen and oxygen atoms in total. The smallest absolute Gasteiger partial charge is 0.224 e. The van der Waals surface area contributed by atoms with E-state index in [1.807, 2.05) is 36.4 Å². The molecule has 0 saturated carbocycles. The van der Waals surface area contributed by atoms with Gasteiger partial charge in [0.15, 0.2) is 0 Å². The van der Waals surface area contributed by atoms with Gasteiger partial charge in [0, 0.05) is 23.1 Å². The van der Waals surface area contributed by atoms with Crippen molar-refractivity contribution in [3.8, 4) is 6.07 Å². The van der Waals surface area contributed by atoms with Crippen molar-refractivity contribution in [3.63, 3.8) is 0 Å². The first-order valence-corrected chi connectivity index (χ1v) is 8.79. The van der Waals surface area contributed by atoms with Crippen LogP contribution in [0, 0.1) is 11.3 Å². The predicted octanol–water partition coefficient (Wildman–Crippen LogP) is 3.80. The van der Waals surface area contributed by atoms with Gasteiger partial charge in [-0.05, 0) is 29.3 Å². The van der Waals surface area contributed by atoms with Crippen LogP contribution in [-0.4, -0.2) is 18.2 Å². The molecule has 2 aromatic rings. The first-order valence-electron chi connectivity index (χ1n) is 7.26. The Kier molecular flexibility index (Phi) is 6.99. The molecule has 0 aromatic heterocycles. The summed E-state index contributed by atoms with van der Waals surface area (Å²) < 4.78 is 0. The predicted molar refractivity (Wildman–Crippen MR) is 95.5 cm³/mol. The Morgan fingerprint density at radius 3 is 2.65 bits per heavy atom. The highest BCUT2D eigenvalue weighted by Crippen LogP contribution is 2.15. The van der Waals surface area contributed by atoms with Crippen LogP contribution in [0.3, 0.4) is 0 Å². The van der Waals surface area contributed by atoms with Crippen molar-refractivity contribution in [2.75, 3.05) is 12.3 Å². The third-order valence-corrected chi connectivity index (χ3v) is 4.50. The number of halogens is 1. The van der Waals surface area contributed by atoms with E-state index in [4.69, 9.17) is 16.9 Å². The number of carbonyl (C=O) groups excluding carboxylic acids is 1. The van der Waals surface area contributed by atoms with Crippen LogP contribution in [0.25, 0.3) is 0 Å². The molecular formula is C18H17ClN2OS. The van der Waals surface area contributed by atoms with E-state index < -0.39 is 0 Å². The van der Waals surface area contributed by atoms with Crippen molar-refractivity contribution in [1.29, 1.82) is 5.26 Å². The van der Waals surface area contributed by atoms with Crippen molar-refractivity contribution in [2.45, 2.75) is 12.2 Å². The molecule has 1 N–H and O–H groups in total. The highest BCUT2D eigenvalue weighted by Gasteiger charge is 2.04. The van der Waals surface area contributed by atoms with Gasteiger partial charge in [0.25, 0.3) is 0 Å². The van der Waals surface area contributed by atoms with Crippen LogP contribution in [0.1, 0.15) is 16.7 Å². The Hall–Kier alpha value is -1.96. The largest absolute Gasteiger partial charge is 0.355 e. The highest BCUT2D eigenvalue weighted by atomic mass is 35.5. The molecule has 0 bridgehead atoms. The number of thioether (sulfide) groups is 1. The fourth-order valence-electron chi connectivity index (χ4n) is 2.05. The number of nitriles is 1. The maximum absolute atomic E-state index is 11.8. The lowest BCUT2D eigenvalue weighted by molar-refractivity contribution is -0.120. The molecule has 0 aliphatic carbocycles. The van der Waals surface area contributed by atoms with Crippen molar-refractivity contribution in [2.24, 2.45) is 0 Å². The second kappa shape index (κ2) is 9.24. The normalized spacial score (nSPS) is 10.1. The fraction of sp³-hybridized carbons (Fsp3) is 0.222. The third kappa shape index (κ3) is 5.97. The molecule has 0 aliphatic rings. The number of amides is 1. The standard InChI is InChI=1S/C18H17ClN2OS/c19-17-7-5-14(6-8-17)11-18(22)21-9-10-23-13-16-4-2-1-3-15(16)12-20/h1-8H,9-11,13H2,(H,21,22). The molecule has 0 aliphatic heterocycles. The molecule has 0 spiro atoms. The number of carbonyl (C=O) groups is 1. The molecule has 0 fully saturated rings. The molecule has 0 heterocycles. The monoisotopic (exact) mass is 344 g/mol. The Balaban J connectivity index is 1.66. The van der Waals surface area contributed by atoms with Crippen LogP contribution in [0.4, 0.5) is 0 Å². The van der Waals surface area contributed by atoms with Crippen LogP contribution in [0.2, 0.25) is 5.02 Å². The summed E-state index contributed by atoms with van der Waals surface area (Å²) in [6, 6.07) is 17.1. The van der Waals surface area contributed by atoms with Crippen molar-refractivity contribution >= 4 is 29.3 Å². The number of hydrogen-bond donors (Lipinski definition) is 1. The van der Waals surface area contributed by atoms with E-state index in [9.17, 15) is 4.79 Å². The SMILES string of the molecule is N#Cc1ccccc1CSCCNC(=O)Cc1ccc(Cl)cc1. The quantitative estimate of drug-likeness (QED) is 0.777. The van der Waals surface area contributed by atoms with Gasteiger partial charge in [0.2, 0.25) is 5.91 Å². The molecule has 1 amide bonds. The summed E-state index contributed by atoms with van der Waals surface area (Å²) >= 11 is 7.52. The second-order valence-electron chi connectivity index (χ2n) is 4.97. The molecule has 0 saturated heterocycles. The second-order valence-corrected chi connectivity index (χ2v) is 6.52. The van der Waals surface area contributed by atoms with Crippen LogP contribution in [0.5, 0.6) is 0 Å². The average molecular weight is 345 g/mol. The molecule has 118 valence electrons. The number of benzene rings is 2. The van der Waals surface area contributed by atoms with Gasteiger partial charge in [0.05, 0.1) is 18.1 Å². The zero-order valence-electron chi connectivity index (χ0n) is 12.6. The minimum absolute atomic E-state index is 0.00495. The summed E-state index contributed by atoms with van der Waals surface area (Å²) in [5.41, 5.74) is 2.70. The Morgan fingerprint density at radius 1 is 1.17 bits per heavy atom. The summed E-state index contributed by atoms with van der Waals surface area (Å²) in [5.74, 6) is 1.59. The lowest BCUT2D eigenvalue weighted by atomic mass is 10.1. The molecule has 0 atom stereocenters. The zero-order valence-corrected chi connectivity index (χ0v) is 14.2. The van der Waals surface area contributed by atoms with Crippen LogP contribution >= 0.6 is 23.4 Å². The maximum atomic E-state index is 11.8. The van der Waals surface area contributed by atoms with Crippen molar-refractivity contribution in [3.05, 3.63) is 70.2 Å². The minimum atomic E-state index is 0.00495. The first-order chi connectivity index (χ1) is 11.2. The van der Waals surface area contributed by atoms with Gasteiger partial charge >= 0.3 is 0 Å². The fourth-order valence-corrected chi connectivity index (χ4v) is 3.04. The van der Waals surface area contributed by atoms with Gasteiger partial charge in [-0.3, -0.25) is 4.79 Å². The van der Waals surface area contributed by atoms with E-state index >= 15 is 0 Å². The van der Waals surface area contributed by atoms with Gasteiger partial charge in [-0.25, -0.2) is 0 Å². The molecule has 0 unspecified atom stereocenters. The lowest BCUT2D eigenvalue weighted by Crippen LogP contribution is -2.27. The summed E-state index contributed by atoms with van der Waals surface area (Å²) in [5, 5.41) is 12.6. The Bertz CT molecular complexity index is 695. The van der Waals surface area contributed by atoms with Gasteiger partial charge < -0.3 is 5.32 Å². The summed E-state index contributed by atoms with van der Waals surface area (Å²) in [7, 11) is 0. The summed E-state index contributed by atoms with van der Waals surface area (Å²) in [6.07, 6.45) is 0.360. The molecule has 23 heavy (non-hydrogen) atoms. The van der Waals surface area contributed by atoms with E-state index in [2.05, 4.69) is 11.4 Å². The third-order valence-electron chi connectivity index (χ3n) is 3.24. The van der Waals surface area contributed by atoms with Crippen LogP contribution < -0.4 is 5.32 Å². The molecule has 5 heteroatoms. The molecular weight excluding hydrogens is 328 g/mol. The van der Waals surface area contributed by atoms with E-state index in [-0.39, 0.29) is 5.91 Å². The Morgan fingerprint density at radius 2 is 1.91 bits per heavy atom. The molecule has 2 rings (SSSR count). The number of nitrogens with zero attached hydrogens (tertiary/aromatic N) is 1. The van der Waals surface area contributed by atoms with Gasteiger partial charge in [-0.15, -0.1) is 0 Å². The minimum Gasteiger partial charge on any atom is -0.355 e. The first kappa shape index (κ1) is 17.4. The number of rotatable bonds is 7. The van der Waals surface area contributed by atoms with Gasteiger partial charge in [-0.2, -0.15) is 17.0 Å². The Labute approximate surface area is 145 Å². The highest BCUT2D eigenvalue weighted by molar-refractivity contribution is 7.98. The molecule has 2 aromatic carbocycles. The summed E-state index contributed by atoms with van der Waals surface area (Å²) in [4.78, 5) is 11.8. The average Bonchev–Trinajstić information content (AvgIpc) is 2.57. The van der Waals surface area contributed by atoms with Gasteiger partial charge in [-0.1, -0.05) is 41.9 Å². The molecule has 0 radical (unpaired) electrons.